The van der Waals surface area contributed by atoms with Crippen molar-refractivity contribution in [2.45, 2.75) is 0 Å². The van der Waals surface area contributed by atoms with Gasteiger partial charge in [-0.25, -0.2) is 0 Å². The predicted molar refractivity (Wildman–Crippen MR) is 37.5 cm³/mol. The number of carbonyl (C=O) groups is 2. The Morgan fingerprint density at radius 1 is 1.55 bits per heavy atom. The number of ketones is 1. The van der Waals surface area contributed by atoms with Crippen molar-refractivity contribution >= 4 is 11.8 Å². The minimum Gasteiger partial charge on any atom is -0.480 e. The summed E-state index contributed by atoms with van der Waals surface area (Å²) in [6.07, 6.45) is 3.79. The molecule has 1 atom stereocenters. The second-order valence-electron chi connectivity index (χ2n) is 2.22. The van der Waals surface area contributed by atoms with E-state index in [1.54, 1.807) is 0 Å². The molecule has 4 heteroatoms. The van der Waals surface area contributed by atoms with Crippen molar-refractivity contribution in [3.05, 3.63) is 23.9 Å². The molecule has 0 aromatic heterocycles. The molecule has 1 aliphatic carbocycles. The first-order chi connectivity index (χ1) is 5.11. The number of nitrogens with two attached hydrogens (primary N) is 1. The van der Waals surface area contributed by atoms with Crippen LogP contribution in [0.5, 0.6) is 0 Å². The van der Waals surface area contributed by atoms with Gasteiger partial charge in [-0.3, -0.25) is 9.59 Å². The number of carbonyl (C=O) groups excluding carboxylic acids is 1. The third-order valence-electron chi connectivity index (χ3n) is 1.37. The molecule has 0 fully saturated rings. The van der Waals surface area contributed by atoms with Gasteiger partial charge in [0.1, 0.15) is 5.92 Å². The van der Waals surface area contributed by atoms with Gasteiger partial charge < -0.3 is 10.8 Å². The summed E-state index contributed by atoms with van der Waals surface area (Å²) in [7, 11) is 0. The fraction of sp³-hybridized carbons (Fsp3) is 0.143. The molecule has 0 bridgehead atoms. The highest BCUT2D eigenvalue weighted by Gasteiger charge is 2.23. The molecule has 0 saturated carbocycles. The zero-order valence-corrected chi connectivity index (χ0v) is 5.65. The highest BCUT2D eigenvalue weighted by atomic mass is 16.4. The molecule has 1 unspecified atom stereocenters. The van der Waals surface area contributed by atoms with Crippen LogP contribution in [0.1, 0.15) is 0 Å². The first-order valence-corrected chi connectivity index (χ1v) is 3.03. The summed E-state index contributed by atoms with van der Waals surface area (Å²) in [5.74, 6) is -2.70. The van der Waals surface area contributed by atoms with E-state index in [1.165, 1.54) is 18.2 Å². The Kier molecular flexibility index (Phi) is 1.76. The number of rotatable bonds is 1. The maximum absolute atomic E-state index is 10.8. The number of hydrogen-bond donors (Lipinski definition) is 2. The van der Waals surface area contributed by atoms with E-state index in [2.05, 4.69) is 0 Å². The van der Waals surface area contributed by atoms with Crippen LogP contribution < -0.4 is 5.73 Å². The SMILES string of the molecule is NC1=CC(C(=O)O)C(=O)C=C1. The zero-order chi connectivity index (χ0) is 8.43. The highest BCUT2D eigenvalue weighted by Crippen LogP contribution is 2.10. The topological polar surface area (TPSA) is 80.4 Å². The minimum absolute atomic E-state index is 0.317. The fourth-order valence-corrected chi connectivity index (χ4v) is 0.805. The Labute approximate surface area is 63.0 Å². The lowest BCUT2D eigenvalue weighted by Crippen LogP contribution is -2.23. The molecule has 0 aromatic carbocycles. The highest BCUT2D eigenvalue weighted by molar-refractivity contribution is 6.07. The molecule has 0 aliphatic heterocycles. The lowest BCUT2D eigenvalue weighted by atomic mass is 9.98. The normalized spacial score (nSPS) is 23.1. The van der Waals surface area contributed by atoms with E-state index in [-0.39, 0.29) is 0 Å². The molecular formula is C7H7NO3. The van der Waals surface area contributed by atoms with Gasteiger partial charge in [0.25, 0.3) is 0 Å². The third-order valence-corrected chi connectivity index (χ3v) is 1.37. The van der Waals surface area contributed by atoms with Crippen molar-refractivity contribution < 1.29 is 14.7 Å². The Balaban J connectivity index is 2.90. The Bertz CT molecular complexity index is 265. The molecule has 0 amide bonds. The zero-order valence-electron chi connectivity index (χ0n) is 5.65. The molecule has 58 valence electrons. The molecule has 1 aliphatic rings. The molecule has 0 radical (unpaired) electrons. The van der Waals surface area contributed by atoms with Crippen molar-refractivity contribution in [2.75, 3.05) is 0 Å². The van der Waals surface area contributed by atoms with Gasteiger partial charge >= 0.3 is 5.97 Å². The van der Waals surface area contributed by atoms with Gasteiger partial charge in [0.15, 0.2) is 5.78 Å². The van der Waals surface area contributed by atoms with Crippen LogP contribution in [0.4, 0.5) is 0 Å². The van der Waals surface area contributed by atoms with Gasteiger partial charge in [-0.2, -0.15) is 0 Å². The average molecular weight is 153 g/mol. The van der Waals surface area contributed by atoms with Gasteiger partial charge in [-0.15, -0.1) is 0 Å². The van der Waals surface area contributed by atoms with E-state index < -0.39 is 17.7 Å². The third kappa shape index (κ3) is 1.46. The fourth-order valence-electron chi connectivity index (χ4n) is 0.805. The van der Waals surface area contributed by atoms with Crippen molar-refractivity contribution in [1.29, 1.82) is 0 Å². The minimum atomic E-state index is -1.16. The summed E-state index contributed by atoms with van der Waals surface area (Å²) < 4.78 is 0. The lowest BCUT2D eigenvalue weighted by Gasteiger charge is -2.07. The summed E-state index contributed by atoms with van der Waals surface area (Å²) in [6, 6.07) is 0. The van der Waals surface area contributed by atoms with Crippen molar-refractivity contribution in [3.8, 4) is 0 Å². The van der Waals surface area contributed by atoms with Gasteiger partial charge in [0.05, 0.1) is 0 Å². The van der Waals surface area contributed by atoms with Gasteiger partial charge in [0.2, 0.25) is 0 Å². The van der Waals surface area contributed by atoms with Crippen LogP contribution in [-0.4, -0.2) is 16.9 Å². The average Bonchev–Trinajstić information content (AvgIpc) is 1.94. The van der Waals surface area contributed by atoms with Crippen LogP contribution in [-0.2, 0) is 9.59 Å². The molecular weight excluding hydrogens is 146 g/mol. The second-order valence-corrected chi connectivity index (χ2v) is 2.22. The monoisotopic (exact) mass is 153 g/mol. The van der Waals surface area contributed by atoms with E-state index in [0.717, 1.165) is 0 Å². The van der Waals surface area contributed by atoms with Crippen molar-refractivity contribution in [2.24, 2.45) is 11.7 Å². The first kappa shape index (κ1) is 7.53. The second kappa shape index (κ2) is 2.57. The maximum Gasteiger partial charge on any atom is 0.318 e. The molecule has 0 heterocycles. The van der Waals surface area contributed by atoms with E-state index in [4.69, 9.17) is 10.8 Å². The summed E-state index contributed by atoms with van der Waals surface area (Å²) >= 11 is 0. The van der Waals surface area contributed by atoms with E-state index in [1.807, 2.05) is 0 Å². The van der Waals surface area contributed by atoms with E-state index in [0.29, 0.717) is 5.70 Å². The number of aliphatic carboxylic acids is 1. The molecule has 1 rings (SSSR count). The summed E-state index contributed by atoms with van der Waals surface area (Å²) in [5, 5.41) is 8.47. The molecule has 3 N–H and O–H groups in total. The van der Waals surface area contributed by atoms with E-state index in [9.17, 15) is 9.59 Å². The quantitative estimate of drug-likeness (QED) is 0.505. The van der Waals surface area contributed by atoms with Crippen LogP contribution in [0.25, 0.3) is 0 Å². The summed E-state index contributed by atoms with van der Waals surface area (Å²) in [6.45, 7) is 0. The van der Waals surface area contributed by atoms with Crippen molar-refractivity contribution in [1.82, 2.24) is 0 Å². The maximum atomic E-state index is 10.8. The van der Waals surface area contributed by atoms with Crippen LogP contribution in [0.15, 0.2) is 23.9 Å². The first-order valence-electron chi connectivity index (χ1n) is 3.03. The Morgan fingerprint density at radius 3 is 2.64 bits per heavy atom. The van der Waals surface area contributed by atoms with Gasteiger partial charge in [-0.05, 0) is 18.2 Å². The van der Waals surface area contributed by atoms with Crippen molar-refractivity contribution in [3.63, 3.8) is 0 Å². The number of hydrogen-bond acceptors (Lipinski definition) is 3. The van der Waals surface area contributed by atoms with Crippen LogP contribution in [0.3, 0.4) is 0 Å². The van der Waals surface area contributed by atoms with Crippen LogP contribution in [0, 0.1) is 5.92 Å². The molecule has 0 saturated heterocycles. The summed E-state index contributed by atoms with van der Waals surface area (Å²) in [5.41, 5.74) is 5.60. The standard InChI is InChI=1S/C7H7NO3/c8-4-1-2-6(9)5(3-4)7(10)11/h1-3,5H,8H2,(H,10,11). The number of allylic oxidation sites excluding steroid dienone is 2. The van der Waals surface area contributed by atoms with Crippen LogP contribution in [0.2, 0.25) is 0 Å². The van der Waals surface area contributed by atoms with Gasteiger partial charge in [-0.1, -0.05) is 0 Å². The van der Waals surface area contributed by atoms with E-state index >= 15 is 0 Å². The molecule has 4 nitrogen and oxygen atoms in total. The predicted octanol–water partition coefficient (Wildman–Crippen LogP) is -0.331. The number of carboxylic acids is 1. The largest absolute Gasteiger partial charge is 0.480 e. The molecule has 0 spiro atoms. The Morgan fingerprint density at radius 2 is 2.18 bits per heavy atom. The lowest BCUT2D eigenvalue weighted by molar-refractivity contribution is -0.143. The number of carboxylic acid groups (broad SMARTS) is 1. The van der Waals surface area contributed by atoms with Crippen LogP contribution >= 0.6 is 0 Å². The molecule has 11 heavy (non-hydrogen) atoms. The molecule has 0 aromatic rings. The van der Waals surface area contributed by atoms with Gasteiger partial charge in [0, 0.05) is 5.70 Å². The smallest absolute Gasteiger partial charge is 0.318 e. The summed E-state index contributed by atoms with van der Waals surface area (Å²) in [4.78, 5) is 21.2. The Hall–Kier alpha value is -1.58.